The second kappa shape index (κ2) is 4.33. The minimum absolute atomic E-state index is 0.0939. The van der Waals surface area contributed by atoms with E-state index in [1.807, 2.05) is 0 Å². The summed E-state index contributed by atoms with van der Waals surface area (Å²) in [4.78, 5) is 0.788. The molecule has 0 amide bonds. The van der Waals surface area contributed by atoms with Crippen molar-refractivity contribution in [2.75, 3.05) is 18.1 Å². The second-order valence-corrected chi connectivity index (χ2v) is 3.42. The summed E-state index contributed by atoms with van der Waals surface area (Å²) in [6.07, 6.45) is 0. The van der Waals surface area contributed by atoms with Crippen LogP contribution >= 0.6 is 11.8 Å². The second-order valence-electron chi connectivity index (χ2n) is 2.26. The normalized spacial score (nSPS) is 10.2. The first kappa shape index (κ1) is 9.35. The quantitative estimate of drug-likeness (QED) is 0.556. The SMILES string of the molecule is Nc1ccc(SCCO)cc1F. The molecule has 0 spiro atoms. The maximum absolute atomic E-state index is 12.8. The molecule has 0 fully saturated rings. The van der Waals surface area contributed by atoms with Crippen LogP contribution in [-0.4, -0.2) is 17.5 Å². The molecular weight excluding hydrogens is 177 g/mol. The van der Waals surface area contributed by atoms with Crippen LogP contribution in [0.5, 0.6) is 0 Å². The van der Waals surface area contributed by atoms with Crippen LogP contribution in [0.1, 0.15) is 0 Å². The third-order valence-electron chi connectivity index (χ3n) is 1.33. The fraction of sp³-hybridized carbons (Fsp3) is 0.250. The number of anilines is 1. The van der Waals surface area contributed by atoms with Crippen molar-refractivity contribution in [3.05, 3.63) is 24.0 Å². The van der Waals surface area contributed by atoms with Crippen molar-refractivity contribution in [2.45, 2.75) is 4.90 Å². The van der Waals surface area contributed by atoms with Crippen LogP contribution < -0.4 is 5.73 Å². The minimum Gasteiger partial charge on any atom is -0.396 e. The van der Waals surface area contributed by atoms with E-state index < -0.39 is 5.82 Å². The van der Waals surface area contributed by atoms with Gasteiger partial charge in [0.2, 0.25) is 0 Å². The lowest BCUT2D eigenvalue weighted by molar-refractivity contribution is 0.322. The first-order valence-electron chi connectivity index (χ1n) is 3.52. The monoisotopic (exact) mass is 187 g/mol. The zero-order valence-corrected chi connectivity index (χ0v) is 7.27. The third-order valence-corrected chi connectivity index (χ3v) is 2.31. The van der Waals surface area contributed by atoms with Crippen LogP contribution in [0.2, 0.25) is 0 Å². The molecule has 0 aromatic heterocycles. The van der Waals surface area contributed by atoms with E-state index in [4.69, 9.17) is 10.8 Å². The molecule has 0 radical (unpaired) electrons. The van der Waals surface area contributed by atoms with E-state index in [9.17, 15) is 4.39 Å². The maximum Gasteiger partial charge on any atom is 0.147 e. The summed E-state index contributed by atoms with van der Waals surface area (Å²) in [7, 11) is 0. The third kappa shape index (κ3) is 2.39. The summed E-state index contributed by atoms with van der Waals surface area (Å²) in [6, 6.07) is 4.63. The van der Waals surface area contributed by atoms with Gasteiger partial charge in [-0.25, -0.2) is 4.39 Å². The minimum atomic E-state index is -0.405. The van der Waals surface area contributed by atoms with Gasteiger partial charge < -0.3 is 10.8 Å². The van der Waals surface area contributed by atoms with E-state index in [1.54, 1.807) is 6.07 Å². The summed E-state index contributed by atoms with van der Waals surface area (Å²) in [5.74, 6) is 0.168. The van der Waals surface area contributed by atoms with Crippen molar-refractivity contribution in [1.82, 2.24) is 0 Å². The Balaban J connectivity index is 2.69. The Bertz CT molecular complexity index is 267. The van der Waals surface area contributed by atoms with Crippen molar-refractivity contribution in [3.8, 4) is 0 Å². The number of hydrogen-bond donors (Lipinski definition) is 2. The first-order chi connectivity index (χ1) is 5.74. The highest BCUT2D eigenvalue weighted by atomic mass is 32.2. The smallest absolute Gasteiger partial charge is 0.147 e. The highest BCUT2D eigenvalue weighted by Crippen LogP contribution is 2.21. The molecule has 0 aliphatic rings. The highest BCUT2D eigenvalue weighted by molar-refractivity contribution is 7.99. The number of hydrogen-bond acceptors (Lipinski definition) is 3. The van der Waals surface area contributed by atoms with Gasteiger partial charge >= 0.3 is 0 Å². The molecule has 0 atom stereocenters. The number of benzene rings is 1. The van der Waals surface area contributed by atoms with E-state index in [2.05, 4.69) is 0 Å². The number of nitrogens with two attached hydrogens (primary N) is 1. The summed E-state index contributed by atoms with van der Waals surface area (Å²) in [5.41, 5.74) is 5.44. The number of nitrogen functional groups attached to an aromatic ring is 1. The van der Waals surface area contributed by atoms with Crippen LogP contribution in [0.25, 0.3) is 0 Å². The van der Waals surface area contributed by atoms with Crippen LogP contribution in [0, 0.1) is 5.82 Å². The summed E-state index contributed by atoms with van der Waals surface area (Å²) in [6.45, 7) is 0.0939. The van der Waals surface area contributed by atoms with Crippen LogP contribution in [0.15, 0.2) is 23.1 Å². The highest BCUT2D eigenvalue weighted by Gasteiger charge is 1.99. The molecule has 0 aliphatic heterocycles. The van der Waals surface area contributed by atoms with Gasteiger partial charge in [0.05, 0.1) is 12.3 Å². The van der Waals surface area contributed by atoms with Gasteiger partial charge in [-0.1, -0.05) is 0 Å². The zero-order chi connectivity index (χ0) is 8.97. The van der Waals surface area contributed by atoms with Gasteiger partial charge in [0.15, 0.2) is 0 Å². The summed E-state index contributed by atoms with van der Waals surface area (Å²) >= 11 is 1.40. The molecule has 12 heavy (non-hydrogen) atoms. The number of aliphatic hydroxyl groups excluding tert-OH is 1. The lowest BCUT2D eigenvalue weighted by Crippen LogP contribution is -1.91. The number of halogens is 1. The zero-order valence-electron chi connectivity index (χ0n) is 6.46. The molecule has 1 aromatic rings. The van der Waals surface area contributed by atoms with Crippen molar-refractivity contribution < 1.29 is 9.50 Å². The molecule has 0 saturated carbocycles. The van der Waals surface area contributed by atoms with Crippen LogP contribution in [0.4, 0.5) is 10.1 Å². The molecule has 0 bridgehead atoms. The molecule has 66 valence electrons. The first-order valence-corrected chi connectivity index (χ1v) is 4.51. The Hall–Kier alpha value is -0.740. The van der Waals surface area contributed by atoms with Gasteiger partial charge in [0, 0.05) is 10.6 Å². The van der Waals surface area contributed by atoms with E-state index >= 15 is 0 Å². The van der Waals surface area contributed by atoms with Crippen molar-refractivity contribution in [1.29, 1.82) is 0 Å². The van der Waals surface area contributed by atoms with Gasteiger partial charge in [0.1, 0.15) is 5.82 Å². The number of rotatable bonds is 3. The Morgan fingerprint density at radius 1 is 1.50 bits per heavy atom. The largest absolute Gasteiger partial charge is 0.396 e. The molecule has 1 aromatic carbocycles. The molecule has 3 N–H and O–H groups in total. The predicted octanol–water partition coefficient (Wildman–Crippen LogP) is 1.49. The lowest BCUT2D eigenvalue weighted by Gasteiger charge is -2.00. The molecule has 1 rings (SSSR count). The average Bonchev–Trinajstić information content (AvgIpc) is 2.07. The molecule has 2 nitrogen and oxygen atoms in total. The fourth-order valence-corrected chi connectivity index (χ4v) is 1.44. The standard InChI is InChI=1S/C8H10FNOS/c9-7-5-6(12-4-3-11)1-2-8(7)10/h1-2,5,11H,3-4,10H2. The fourth-order valence-electron chi connectivity index (χ4n) is 0.761. The Kier molecular flexibility index (Phi) is 3.37. The van der Waals surface area contributed by atoms with Crippen LogP contribution in [-0.2, 0) is 0 Å². The van der Waals surface area contributed by atoms with Gasteiger partial charge in [-0.15, -0.1) is 11.8 Å². The van der Waals surface area contributed by atoms with Gasteiger partial charge in [-0.05, 0) is 18.2 Å². The topological polar surface area (TPSA) is 46.2 Å². The maximum atomic E-state index is 12.8. The Morgan fingerprint density at radius 3 is 2.83 bits per heavy atom. The molecular formula is C8H10FNOS. The summed E-state index contributed by atoms with van der Waals surface area (Å²) < 4.78 is 12.8. The van der Waals surface area contributed by atoms with Crippen molar-refractivity contribution >= 4 is 17.4 Å². The van der Waals surface area contributed by atoms with Crippen molar-refractivity contribution in [2.24, 2.45) is 0 Å². The Morgan fingerprint density at radius 2 is 2.25 bits per heavy atom. The van der Waals surface area contributed by atoms with E-state index in [0.717, 1.165) is 4.90 Å². The molecule has 4 heteroatoms. The Labute approximate surface area is 74.6 Å². The average molecular weight is 187 g/mol. The molecule has 0 saturated heterocycles. The van der Waals surface area contributed by atoms with E-state index in [-0.39, 0.29) is 12.3 Å². The number of aliphatic hydroxyl groups is 1. The summed E-state index contributed by atoms with van der Waals surface area (Å²) in [5, 5.41) is 8.51. The van der Waals surface area contributed by atoms with E-state index in [0.29, 0.717) is 5.75 Å². The molecule has 0 unspecified atom stereocenters. The van der Waals surface area contributed by atoms with Gasteiger partial charge in [0.25, 0.3) is 0 Å². The predicted molar refractivity (Wildman–Crippen MR) is 48.6 cm³/mol. The van der Waals surface area contributed by atoms with E-state index in [1.165, 1.54) is 23.9 Å². The number of thioether (sulfide) groups is 1. The van der Waals surface area contributed by atoms with Crippen molar-refractivity contribution in [3.63, 3.8) is 0 Å². The molecule has 0 heterocycles. The lowest BCUT2D eigenvalue weighted by atomic mass is 10.3. The van der Waals surface area contributed by atoms with Gasteiger partial charge in [-0.3, -0.25) is 0 Å². The van der Waals surface area contributed by atoms with Crippen LogP contribution in [0.3, 0.4) is 0 Å². The van der Waals surface area contributed by atoms with Gasteiger partial charge in [-0.2, -0.15) is 0 Å². The molecule has 0 aliphatic carbocycles.